The van der Waals surface area contributed by atoms with E-state index in [0.29, 0.717) is 17.9 Å². The van der Waals surface area contributed by atoms with E-state index in [0.717, 1.165) is 28.0 Å². The predicted molar refractivity (Wildman–Crippen MR) is 88.8 cm³/mol. The molecule has 0 saturated heterocycles. The van der Waals surface area contributed by atoms with Gasteiger partial charge < -0.3 is 15.8 Å². The number of nitrogens with two attached hydrogens (primary N) is 1. The Hall–Kier alpha value is -2.19. The first-order valence-corrected chi connectivity index (χ1v) is 7.41. The quantitative estimate of drug-likeness (QED) is 0.786. The lowest BCUT2D eigenvalue weighted by molar-refractivity contribution is 0.318. The second kappa shape index (κ2) is 7.00. The molecule has 0 atom stereocenters. The molecule has 0 amide bonds. The molecule has 0 fully saturated rings. The van der Waals surface area contributed by atoms with Crippen LogP contribution in [0.5, 0.6) is 5.75 Å². The topological polar surface area (TPSA) is 71.1 Å². The molecule has 4 nitrogen and oxygen atoms in total. The van der Waals surface area contributed by atoms with Gasteiger partial charge in [-0.3, -0.25) is 0 Å². The van der Waals surface area contributed by atoms with Crippen molar-refractivity contribution < 1.29 is 4.74 Å². The third kappa shape index (κ3) is 4.14. The number of halogens is 1. The van der Waals surface area contributed by atoms with Gasteiger partial charge in [-0.2, -0.15) is 5.26 Å². The van der Waals surface area contributed by atoms with Crippen molar-refractivity contribution in [3.63, 3.8) is 0 Å². The van der Waals surface area contributed by atoms with Crippen LogP contribution in [0.2, 0.25) is 0 Å². The third-order valence-electron chi connectivity index (χ3n) is 2.78. The Balaban J connectivity index is 2.27. The number of rotatable bonds is 5. The zero-order valence-corrected chi connectivity index (χ0v) is 13.3. The maximum absolute atomic E-state index is 9.19. The minimum Gasteiger partial charge on any atom is -0.493 e. The number of benzene rings is 2. The number of nitriles is 1. The molecule has 0 bridgehead atoms. The molecule has 0 aliphatic rings. The Labute approximate surface area is 132 Å². The zero-order chi connectivity index (χ0) is 15.2. The van der Waals surface area contributed by atoms with Gasteiger partial charge >= 0.3 is 0 Å². The second-order valence-corrected chi connectivity index (χ2v) is 5.48. The van der Waals surface area contributed by atoms with Crippen molar-refractivity contribution in [3.8, 4) is 11.8 Å². The van der Waals surface area contributed by atoms with Crippen molar-refractivity contribution in [2.75, 3.05) is 17.7 Å². The third-order valence-corrected chi connectivity index (χ3v) is 3.28. The van der Waals surface area contributed by atoms with Gasteiger partial charge in [-0.1, -0.05) is 22.9 Å². The molecule has 0 aliphatic heterocycles. The number of nitrogens with one attached hydrogen (secondary N) is 1. The van der Waals surface area contributed by atoms with E-state index in [2.05, 4.69) is 27.3 Å². The maximum atomic E-state index is 9.19. The van der Waals surface area contributed by atoms with Crippen LogP contribution in [0.1, 0.15) is 18.9 Å². The second-order valence-electron chi connectivity index (χ2n) is 4.57. The lowest BCUT2D eigenvalue weighted by Crippen LogP contribution is -1.99. The summed E-state index contributed by atoms with van der Waals surface area (Å²) >= 11 is 3.36. The highest BCUT2D eigenvalue weighted by Crippen LogP contribution is 2.28. The smallest absolute Gasteiger partial charge is 0.123 e. The summed E-state index contributed by atoms with van der Waals surface area (Å²) in [6.07, 6.45) is 0.933. The van der Waals surface area contributed by atoms with Gasteiger partial charge in [0, 0.05) is 28.0 Å². The molecule has 5 heteroatoms. The van der Waals surface area contributed by atoms with Gasteiger partial charge in [-0.25, -0.2) is 0 Å². The Bertz CT molecular complexity index is 680. The van der Waals surface area contributed by atoms with Crippen LogP contribution in [-0.2, 0) is 0 Å². The van der Waals surface area contributed by atoms with Crippen molar-refractivity contribution in [2.24, 2.45) is 0 Å². The van der Waals surface area contributed by atoms with Crippen molar-refractivity contribution in [2.45, 2.75) is 13.3 Å². The van der Waals surface area contributed by atoms with Crippen LogP contribution >= 0.6 is 15.9 Å². The highest BCUT2D eigenvalue weighted by atomic mass is 79.9. The molecule has 108 valence electrons. The fourth-order valence-electron chi connectivity index (χ4n) is 1.87. The summed E-state index contributed by atoms with van der Waals surface area (Å²) in [5.74, 6) is 0.718. The summed E-state index contributed by atoms with van der Waals surface area (Å²) in [7, 11) is 0. The van der Waals surface area contributed by atoms with E-state index in [9.17, 15) is 5.26 Å². The SMILES string of the molecule is CCCOc1cc(N)cc(Nc2ccc(Br)cc2C#N)c1. The average Bonchev–Trinajstić information content (AvgIpc) is 2.46. The van der Waals surface area contributed by atoms with Gasteiger partial charge in [0.25, 0.3) is 0 Å². The summed E-state index contributed by atoms with van der Waals surface area (Å²) in [4.78, 5) is 0. The normalized spacial score (nSPS) is 9.95. The molecular formula is C16H16BrN3O. The van der Waals surface area contributed by atoms with E-state index in [1.165, 1.54) is 0 Å². The van der Waals surface area contributed by atoms with E-state index >= 15 is 0 Å². The van der Waals surface area contributed by atoms with Gasteiger partial charge in [-0.15, -0.1) is 0 Å². The zero-order valence-electron chi connectivity index (χ0n) is 11.7. The minimum absolute atomic E-state index is 0.558. The Kier molecular flexibility index (Phi) is 5.07. The van der Waals surface area contributed by atoms with E-state index in [1.807, 2.05) is 31.2 Å². The molecular weight excluding hydrogens is 330 g/mol. The Morgan fingerprint density at radius 2 is 2.10 bits per heavy atom. The average molecular weight is 346 g/mol. The molecule has 0 saturated carbocycles. The number of nitrogen functional groups attached to an aromatic ring is 1. The van der Waals surface area contributed by atoms with Crippen LogP contribution in [-0.4, -0.2) is 6.61 Å². The predicted octanol–water partition coefficient (Wildman–Crippen LogP) is 4.44. The molecule has 0 unspecified atom stereocenters. The highest BCUT2D eigenvalue weighted by molar-refractivity contribution is 9.10. The Morgan fingerprint density at radius 1 is 1.29 bits per heavy atom. The van der Waals surface area contributed by atoms with E-state index in [1.54, 1.807) is 12.1 Å². The fraction of sp³-hybridized carbons (Fsp3) is 0.188. The number of ether oxygens (including phenoxy) is 1. The molecule has 0 aliphatic carbocycles. The van der Waals surface area contributed by atoms with Gasteiger partial charge in [0.1, 0.15) is 11.8 Å². The molecule has 0 spiro atoms. The molecule has 3 N–H and O–H groups in total. The number of hydrogen-bond donors (Lipinski definition) is 2. The lowest BCUT2D eigenvalue weighted by Gasteiger charge is -2.12. The van der Waals surface area contributed by atoms with Gasteiger partial charge in [0.15, 0.2) is 0 Å². The molecule has 0 aromatic heterocycles. The van der Waals surface area contributed by atoms with Gasteiger partial charge in [0.2, 0.25) is 0 Å². The first kappa shape index (κ1) is 15.2. The van der Waals surface area contributed by atoms with Crippen LogP contribution in [0, 0.1) is 11.3 Å². The number of anilines is 3. The monoisotopic (exact) mass is 345 g/mol. The first-order chi connectivity index (χ1) is 10.1. The summed E-state index contributed by atoms with van der Waals surface area (Å²) in [5, 5.41) is 12.4. The molecule has 0 radical (unpaired) electrons. The van der Waals surface area contributed by atoms with Crippen molar-refractivity contribution >= 4 is 33.0 Å². The summed E-state index contributed by atoms with van der Waals surface area (Å²) < 4.78 is 6.46. The first-order valence-electron chi connectivity index (χ1n) is 6.62. The maximum Gasteiger partial charge on any atom is 0.123 e. The molecule has 2 aromatic rings. The fourth-order valence-corrected chi connectivity index (χ4v) is 2.23. The number of nitrogens with zero attached hydrogens (tertiary/aromatic N) is 1. The highest BCUT2D eigenvalue weighted by Gasteiger charge is 2.05. The van der Waals surface area contributed by atoms with Crippen LogP contribution in [0.15, 0.2) is 40.9 Å². The Morgan fingerprint density at radius 3 is 2.81 bits per heavy atom. The standard InChI is InChI=1S/C16H16BrN3O/c1-2-5-21-15-8-13(19)7-14(9-15)20-16-4-3-12(17)6-11(16)10-18/h3-4,6-9,20H,2,5,19H2,1H3. The lowest BCUT2D eigenvalue weighted by atomic mass is 10.2. The van der Waals surface area contributed by atoms with Crippen LogP contribution in [0.25, 0.3) is 0 Å². The molecule has 0 heterocycles. The van der Waals surface area contributed by atoms with E-state index < -0.39 is 0 Å². The van der Waals surface area contributed by atoms with Crippen LogP contribution < -0.4 is 15.8 Å². The van der Waals surface area contributed by atoms with E-state index in [-0.39, 0.29) is 0 Å². The summed E-state index contributed by atoms with van der Waals surface area (Å²) in [6, 6.07) is 13.1. The van der Waals surface area contributed by atoms with Gasteiger partial charge in [-0.05, 0) is 30.7 Å². The van der Waals surface area contributed by atoms with Crippen molar-refractivity contribution in [3.05, 3.63) is 46.4 Å². The number of hydrogen-bond acceptors (Lipinski definition) is 4. The molecule has 21 heavy (non-hydrogen) atoms. The molecule has 2 aromatic carbocycles. The summed E-state index contributed by atoms with van der Waals surface area (Å²) in [6.45, 7) is 2.69. The van der Waals surface area contributed by atoms with Gasteiger partial charge in [0.05, 0.1) is 17.9 Å². The van der Waals surface area contributed by atoms with Crippen molar-refractivity contribution in [1.82, 2.24) is 0 Å². The minimum atomic E-state index is 0.558. The molecule has 2 rings (SSSR count). The van der Waals surface area contributed by atoms with Crippen LogP contribution in [0.4, 0.5) is 17.1 Å². The van der Waals surface area contributed by atoms with Crippen LogP contribution in [0.3, 0.4) is 0 Å². The van der Waals surface area contributed by atoms with E-state index in [4.69, 9.17) is 10.5 Å². The summed E-state index contributed by atoms with van der Waals surface area (Å²) in [5.41, 5.74) is 8.58. The largest absolute Gasteiger partial charge is 0.493 e. The van der Waals surface area contributed by atoms with Crippen molar-refractivity contribution in [1.29, 1.82) is 5.26 Å².